The minimum atomic E-state index is 0. The van der Waals surface area contributed by atoms with Crippen LogP contribution in [0.2, 0.25) is 0 Å². The van der Waals surface area contributed by atoms with Gasteiger partial charge in [0.15, 0.2) is 12.4 Å². The summed E-state index contributed by atoms with van der Waals surface area (Å²) in [7, 11) is 0. The van der Waals surface area contributed by atoms with Crippen molar-refractivity contribution >= 4 is 11.6 Å². The number of alkyl halides is 1. The Labute approximate surface area is 113 Å². The quantitative estimate of drug-likeness (QED) is 0.554. The maximum absolute atomic E-state index is 5.67. The van der Waals surface area contributed by atoms with E-state index in [1.54, 1.807) is 0 Å². The maximum Gasteiger partial charge on any atom is 0.169 e. The average molecular weight is 268 g/mol. The Balaban J connectivity index is 0.00000144. The highest BCUT2D eigenvalue weighted by molar-refractivity contribution is 6.17. The molecule has 3 heteroatoms. The van der Waals surface area contributed by atoms with E-state index in [9.17, 15) is 0 Å². The molecule has 2 rings (SSSR count). The second-order valence-corrected chi connectivity index (χ2v) is 4.11. The first kappa shape index (κ1) is 14.0. The molecule has 1 aromatic carbocycles. The first-order valence-electron chi connectivity index (χ1n) is 5.50. The fourth-order valence-corrected chi connectivity index (χ4v) is 1.79. The standard InChI is InChI=1S/C14H15ClN.ClH/c15-9-4-10-16-11-7-14(8-12-16)13-5-2-1-3-6-13;/h1-3,5-8,11-12H,4,9-10H2;1H/q+1;/p-1. The Morgan fingerprint density at radius 3 is 2.06 bits per heavy atom. The van der Waals surface area contributed by atoms with E-state index in [4.69, 9.17) is 11.6 Å². The molecule has 0 amide bonds. The molecule has 0 bridgehead atoms. The molecule has 0 aliphatic rings. The Morgan fingerprint density at radius 1 is 0.882 bits per heavy atom. The lowest BCUT2D eigenvalue weighted by Gasteiger charge is -2.00. The summed E-state index contributed by atoms with van der Waals surface area (Å²) in [6, 6.07) is 14.7. The van der Waals surface area contributed by atoms with Crippen LogP contribution in [0.25, 0.3) is 11.1 Å². The third-order valence-electron chi connectivity index (χ3n) is 2.55. The molecule has 2 aromatic rings. The molecule has 0 fully saturated rings. The maximum atomic E-state index is 5.67. The number of pyridine rings is 1. The number of aromatic nitrogens is 1. The third-order valence-corrected chi connectivity index (χ3v) is 2.82. The van der Waals surface area contributed by atoms with Crippen LogP contribution in [0.1, 0.15) is 6.42 Å². The minimum absolute atomic E-state index is 0. The van der Waals surface area contributed by atoms with Crippen LogP contribution in [0, 0.1) is 0 Å². The molecule has 0 saturated carbocycles. The fourth-order valence-electron chi connectivity index (χ4n) is 1.67. The summed E-state index contributed by atoms with van der Waals surface area (Å²) >= 11 is 5.67. The van der Waals surface area contributed by atoms with E-state index in [0.717, 1.165) is 13.0 Å². The van der Waals surface area contributed by atoms with Crippen molar-refractivity contribution in [3.63, 3.8) is 0 Å². The third kappa shape index (κ3) is 4.03. The van der Waals surface area contributed by atoms with Crippen LogP contribution < -0.4 is 17.0 Å². The molecule has 17 heavy (non-hydrogen) atoms. The van der Waals surface area contributed by atoms with Gasteiger partial charge in [0.2, 0.25) is 0 Å². The number of hydrogen-bond donors (Lipinski definition) is 0. The van der Waals surface area contributed by atoms with Crippen molar-refractivity contribution in [2.75, 3.05) is 5.88 Å². The van der Waals surface area contributed by atoms with Crippen LogP contribution in [-0.2, 0) is 6.54 Å². The Kier molecular flexibility index (Phi) is 6.03. The van der Waals surface area contributed by atoms with Crippen LogP contribution in [0.15, 0.2) is 54.9 Å². The van der Waals surface area contributed by atoms with Gasteiger partial charge in [0.05, 0.1) is 0 Å². The van der Waals surface area contributed by atoms with Crippen molar-refractivity contribution < 1.29 is 17.0 Å². The largest absolute Gasteiger partial charge is 1.00 e. The van der Waals surface area contributed by atoms with Crippen molar-refractivity contribution in [1.82, 2.24) is 0 Å². The SMILES string of the molecule is ClCCC[n+]1ccc(-c2ccccc2)cc1.[Cl-]. The summed E-state index contributed by atoms with van der Waals surface area (Å²) in [5.41, 5.74) is 2.51. The monoisotopic (exact) mass is 267 g/mol. The Bertz CT molecular complexity index is 426. The fraction of sp³-hybridized carbons (Fsp3) is 0.214. The zero-order valence-electron chi connectivity index (χ0n) is 9.52. The van der Waals surface area contributed by atoms with Crippen molar-refractivity contribution in [1.29, 1.82) is 0 Å². The van der Waals surface area contributed by atoms with Gasteiger partial charge in [0.25, 0.3) is 0 Å². The van der Waals surface area contributed by atoms with Crippen LogP contribution in [-0.4, -0.2) is 5.88 Å². The normalized spacial score (nSPS) is 9.71. The smallest absolute Gasteiger partial charge is 0.169 e. The number of rotatable bonds is 4. The Hall–Kier alpha value is -1.05. The molecule has 0 atom stereocenters. The second kappa shape index (κ2) is 7.31. The van der Waals surface area contributed by atoms with Crippen LogP contribution in [0.5, 0.6) is 0 Å². The molecule has 0 N–H and O–H groups in total. The molecule has 0 spiro atoms. The number of halogens is 2. The highest BCUT2D eigenvalue weighted by Gasteiger charge is 2.01. The van der Waals surface area contributed by atoms with Gasteiger partial charge in [-0.3, -0.25) is 0 Å². The molecule has 0 saturated heterocycles. The first-order valence-corrected chi connectivity index (χ1v) is 6.04. The second-order valence-electron chi connectivity index (χ2n) is 3.73. The van der Waals surface area contributed by atoms with Gasteiger partial charge in [-0.15, -0.1) is 11.6 Å². The Morgan fingerprint density at radius 2 is 1.47 bits per heavy atom. The van der Waals surface area contributed by atoms with Crippen LogP contribution in [0.3, 0.4) is 0 Å². The lowest BCUT2D eigenvalue weighted by atomic mass is 10.1. The van der Waals surface area contributed by atoms with Crippen molar-refractivity contribution in [3.8, 4) is 11.1 Å². The highest BCUT2D eigenvalue weighted by atomic mass is 35.5. The van der Waals surface area contributed by atoms with Gasteiger partial charge in [-0.1, -0.05) is 30.3 Å². The molecule has 90 valence electrons. The highest BCUT2D eigenvalue weighted by Crippen LogP contribution is 2.16. The van der Waals surface area contributed by atoms with E-state index in [1.807, 2.05) is 6.07 Å². The van der Waals surface area contributed by atoms with Gasteiger partial charge in [-0.2, -0.15) is 0 Å². The summed E-state index contributed by atoms with van der Waals surface area (Å²) < 4.78 is 2.16. The summed E-state index contributed by atoms with van der Waals surface area (Å²) in [5.74, 6) is 0.716. The molecule has 1 heterocycles. The predicted molar refractivity (Wildman–Crippen MR) is 67.4 cm³/mol. The summed E-state index contributed by atoms with van der Waals surface area (Å²) in [5, 5.41) is 0. The summed E-state index contributed by atoms with van der Waals surface area (Å²) in [4.78, 5) is 0. The van der Waals surface area contributed by atoms with E-state index in [0.29, 0.717) is 5.88 Å². The predicted octanol–water partition coefficient (Wildman–Crippen LogP) is 0.274. The lowest BCUT2D eigenvalue weighted by molar-refractivity contribution is -0.696. The molecule has 0 unspecified atom stereocenters. The van der Waals surface area contributed by atoms with Crippen molar-refractivity contribution in [3.05, 3.63) is 54.9 Å². The van der Waals surface area contributed by atoms with E-state index in [-0.39, 0.29) is 12.4 Å². The van der Waals surface area contributed by atoms with E-state index >= 15 is 0 Å². The zero-order valence-corrected chi connectivity index (χ0v) is 11.0. The summed E-state index contributed by atoms with van der Waals surface area (Å²) in [6.45, 7) is 0.985. The molecule has 0 aliphatic heterocycles. The van der Waals surface area contributed by atoms with E-state index in [1.165, 1.54) is 11.1 Å². The number of nitrogens with zero attached hydrogens (tertiary/aromatic N) is 1. The van der Waals surface area contributed by atoms with Crippen molar-refractivity contribution in [2.24, 2.45) is 0 Å². The first-order chi connectivity index (χ1) is 7.90. The van der Waals surface area contributed by atoms with Crippen LogP contribution in [0.4, 0.5) is 0 Å². The van der Waals surface area contributed by atoms with Gasteiger partial charge < -0.3 is 12.4 Å². The van der Waals surface area contributed by atoms with E-state index < -0.39 is 0 Å². The summed E-state index contributed by atoms with van der Waals surface area (Å²) in [6.07, 6.45) is 5.22. The van der Waals surface area contributed by atoms with Gasteiger partial charge in [-0.05, 0) is 11.1 Å². The van der Waals surface area contributed by atoms with Crippen LogP contribution >= 0.6 is 11.6 Å². The van der Waals surface area contributed by atoms with Gasteiger partial charge in [0, 0.05) is 24.4 Å². The van der Waals surface area contributed by atoms with Gasteiger partial charge >= 0.3 is 0 Å². The van der Waals surface area contributed by atoms with Crippen molar-refractivity contribution in [2.45, 2.75) is 13.0 Å². The molecule has 0 radical (unpaired) electrons. The van der Waals surface area contributed by atoms with Gasteiger partial charge in [-0.25, -0.2) is 4.57 Å². The number of benzene rings is 1. The topological polar surface area (TPSA) is 3.88 Å². The molecule has 0 aliphatic carbocycles. The number of hydrogen-bond acceptors (Lipinski definition) is 0. The molecule has 1 aromatic heterocycles. The van der Waals surface area contributed by atoms with Gasteiger partial charge in [0.1, 0.15) is 6.54 Å². The average Bonchev–Trinajstić information content (AvgIpc) is 2.38. The molecule has 1 nitrogen and oxygen atoms in total. The minimum Gasteiger partial charge on any atom is -1.00 e. The zero-order chi connectivity index (χ0) is 11.2. The lowest BCUT2D eigenvalue weighted by Crippen LogP contribution is -3.00. The molecular weight excluding hydrogens is 253 g/mol. The molecular formula is C14H15Cl2N. The van der Waals surface area contributed by atoms with E-state index in [2.05, 4.69) is 53.4 Å². The number of aryl methyl sites for hydroxylation is 1.